The van der Waals surface area contributed by atoms with Crippen molar-refractivity contribution in [2.24, 2.45) is 0 Å². The summed E-state index contributed by atoms with van der Waals surface area (Å²) in [6.45, 7) is 6.47. The number of hydrogen-bond donors (Lipinski definition) is 1. The van der Waals surface area contributed by atoms with Crippen LogP contribution >= 0.6 is 0 Å². The number of aryl methyl sites for hydroxylation is 1. The first-order valence-corrected chi connectivity index (χ1v) is 6.26. The van der Waals surface area contributed by atoms with E-state index in [-0.39, 0.29) is 6.42 Å². The Morgan fingerprint density at radius 1 is 1.39 bits per heavy atom. The fraction of sp³-hybridized carbons (Fsp3) is 0.538. The summed E-state index contributed by atoms with van der Waals surface area (Å²) < 4.78 is 0. The second-order valence-corrected chi connectivity index (χ2v) is 4.63. The van der Waals surface area contributed by atoms with E-state index >= 15 is 0 Å². The molecule has 0 amide bonds. The van der Waals surface area contributed by atoms with Crippen LogP contribution in [-0.4, -0.2) is 53.7 Å². The van der Waals surface area contributed by atoms with Gasteiger partial charge >= 0.3 is 5.97 Å². The van der Waals surface area contributed by atoms with Gasteiger partial charge in [0, 0.05) is 50.8 Å². The molecule has 1 aliphatic rings. The topological polar surface area (TPSA) is 56.7 Å². The van der Waals surface area contributed by atoms with Gasteiger partial charge in [-0.25, -0.2) is 0 Å². The fourth-order valence-corrected chi connectivity index (χ4v) is 2.29. The molecular formula is C13H19N3O2. The van der Waals surface area contributed by atoms with E-state index in [1.165, 1.54) is 11.3 Å². The van der Waals surface area contributed by atoms with Crippen molar-refractivity contribution in [2.75, 3.05) is 37.6 Å². The number of nitrogens with zero attached hydrogens (tertiary/aromatic N) is 3. The van der Waals surface area contributed by atoms with E-state index < -0.39 is 5.97 Å². The monoisotopic (exact) mass is 249 g/mol. The minimum Gasteiger partial charge on any atom is -0.481 e. The third kappa shape index (κ3) is 3.20. The van der Waals surface area contributed by atoms with E-state index in [1.807, 2.05) is 18.5 Å². The smallest absolute Gasteiger partial charge is 0.304 e. The van der Waals surface area contributed by atoms with Crippen LogP contribution in [-0.2, 0) is 4.79 Å². The molecule has 0 bridgehead atoms. The van der Waals surface area contributed by atoms with Gasteiger partial charge in [0.05, 0.1) is 6.42 Å². The van der Waals surface area contributed by atoms with E-state index in [9.17, 15) is 4.79 Å². The van der Waals surface area contributed by atoms with Crippen molar-refractivity contribution >= 4 is 11.7 Å². The lowest BCUT2D eigenvalue weighted by molar-refractivity contribution is -0.137. The van der Waals surface area contributed by atoms with Gasteiger partial charge in [0.2, 0.25) is 0 Å². The zero-order valence-corrected chi connectivity index (χ0v) is 10.7. The highest BCUT2D eigenvalue weighted by Gasteiger charge is 2.18. The summed E-state index contributed by atoms with van der Waals surface area (Å²) in [4.78, 5) is 19.2. The number of anilines is 1. The number of carbonyl (C=O) groups is 1. The normalized spacial score (nSPS) is 16.8. The number of aliphatic carboxylic acids is 1. The lowest BCUT2D eigenvalue weighted by Crippen LogP contribution is -2.47. The molecule has 0 radical (unpaired) electrons. The number of rotatable bonds is 4. The first-order chi connectivity index (χ1) is 8.66. The first-order valence-electron chi connectivity index (χ1n) is 6.26. The number of carboxylic acids is 1. The van der Waals surface area contributed by atoms with Crippen molar-refractivity contribution < 1.29 is 9.90 Å². The molecule has 0 aromatic carbocycles. The Labute approximate surface area is 107 Å². The highest BCUT2D eigenvalue weighted by molar-refractivity contribution is 5.66. The molecule has 0 atom stereocenters. The minimum absolute atomic E-state index is 0.230. The molecule has 0 unspecified atom stereocenters. The van der Waals surface area contributed by atoms with Crippen molar-refractivity contribution in [1.82, 2.24) is 9.88 Å². The maximum atomic E-state index is 10.5. The Morgan fingerprint density at radius 3 is 2.72 bits per heavy atom. The van der Waals surface area contributed by atoms with E-state index in [2.05, 4.69) is 21.7 Å². The largest absolute Gasteiger partial charge is 0.481 e. The minimum atomic E-state index is -0.720. The van der Waals surface area contributed by atoms with E-state index in [0.29, 0.717) is 6.54 Å². The predicted octanol–water partition coefficient (Wildman–Crippen LogP) is 0.987. The molecular weight excluding hydrogens is 230 g/mol. The molecule has 98 valence electrons. The van der Waals surface area contributed by atoms with Gasteiger partial charge in [-0.3, -0.25) is 14.7 Å². The van der Waals surface area contributed by atoms with E-state index in [0.717, 1.165) is 26.2 Å². The molecule has 1 saturated heterocycles. The average Bonchev–Trinajstić information content (AvgIpc) is 2.38. The lowest BCUT2D eigenvalue weighted by Gasteiger charge is -2.36. The Hall–Kier alpha value is -1.62. The molecule has 1 aliphatic heterocycles. The van der Waals surface area contributed by atoms with Crippen LogP contribution in [0.2, 0.25) is 0 Å². The molecule has 0 spiro atoms. The van der Waals surface area contributed by atoms with Gasteiger partial charge in [0.1, 0.15) is 0 Å². The van der Waals surface area contributed by atoms with Crippen LogP contribution in [0.5, 0.6) is 0 Å². The quantitative estimate of drug-likeness (QED) is 0.862. The summed E-state index contributed by atoms with van der Waals surface area (Å²) in [5, 5.41) is 8.67. The average molecular weight is 249 g/mol. The highest BCUT2D eigenvalue weighted by atomic mass is 16.4. The van der Waals surface area contributed by atoms with Gasteiger partial charge in [-0.15, -0.1) is 0 Å². The Balaban J connectivity index is 1.87. The van der Waals surface area contributed by atoms with Crippen LogP contribution in [0.15, 0.2) is 18.5 Å². The molecule has 2 rings (SSSR count). The molecule has 0 aliphatic carbocycles. The van der Waals surface area contributed by atoms with E-state index in [1.54, 1.807) is 0 Å². The maximum Gasteiger partial charge on any atom is 0.304 e. The fourth-order valence-electron chi connectivity index (χ4n) is 2.29. The van der Waals surface area contributed by atoms with Crippen molar-refractivity contribution in [3.05, 3.63) is 24.0 Å². The number of carboxylic acid groups (broad SMARTS) is 1. The zero-order valence-electron chi connectivity index (χ0n) is 10.7. The first kappa shape index (κ1) is 12.8. The number of hydrogen-bond acceptors (Lipinski definition) is 4. The molecule has 1 fully saturated rings. The molecule has 5 heteroatoms. The Bertz CT molecular complexity index is 414. The number of pyridine rings is 1. The summed E-state index contributed by atoms with van der Waals surface area (Å²) in [5.74, 6) is -0.720. The zero-order chi connectivity index (χ0) is 13.0. The van der Waals surface area contributed by atoms with Crippen LogP contribution in [0.25, 0.3) is 0 Å². The molecule has 1 aromatic heterocycles. The summed E-state index contributed by atoms with van der Waals surface area (Å²) in [5.41, 5.74) is 2.43. The third-order valence-corrected chi connectivity index (χ3v) is 3.35. The van der Waals surface area contributed by atoms with Crippen molar-refractivity contribution in [2.45, 2.75) is 13.3 Å². The standard InChI is InChI=1S/C13H19N3O2/c1-11-10-14-4-2-12(11)16-8-6-15(7-9-16)5-3-13(17)18/h2,4,10H,3,5-9H2,1H3,(H,17,18). The van der Waals surface area contributed by atoms with Crippen LogP contribution in [0, 0.1) is 6.92 Å². The van der Waals surface area contributed by atoms with E-state index in [4.69, 9.17) is 5.11 Å². The molecule has 0 saturated carbocycles. The summed E-state index contributed by atoms with van der Waals surface area (Å²) in [7, 11) is 0. The molecule has 1 N–H and O–H groups in total. The molecule has 1 aromatic rings. The summed E-state index contributed by atoms with van der Waals surface area (Å²) in [6, 6.07) is 2.04. The SMILES string of the molecule is Cc1cnccc1N1CCN(CCC(=O)O)CC1. The van der Waals surface area contributed by atoms with Gasteiger partial charge < -0.3 is 10.0 Å². The lowest BCUT2D eigenvalue weighted by atomic mass is 10.2. The Kier molecular flexibility index (Phi) is 4.15. The Morgan fingerprint density at radius 2 is 2.11 bits per heavy atom. The van der Waals surface area contributed by atoms with Crippen LogP contribution in [0.4, 0.5) is 5.69 Å². The van der Waals surface area contributed by atoms with Gasteiger partial charge in [-0.2, -0.15) is 0 Å². The van der Waals surface area contributed by atoms with Crippen molar-refractivity contribution in [3.8, 4) is 0 Å². The van der Waals surface area contributed by atoms with Gasteiger partial charge in [-0.05, 0) is 18.6 Å². The maximum absolute atomic E-state index is 10.5. The van der Waals surface area contributed by atoms with Gasteiger partial charge in [0.25, 0.3) is 0 Å². The predicted molar refractivity (Wildman–Crippen MR) is 69.9 cm³/mol. The highest BCUT2D eigenvalue weighted by Crippen LogP contribution is 2.19. The number of aromatic nitrogens is 1. The van der Waals surface area contributed by atoms with Crippen LogP contribution in [0.1, 0.15) is 12.0 Å². The van der Waals surface area contributed by atoms with Crippen LogP contribution < -0.4 is 4.90 Å². The van der Waals surface area contributed by atoms with Gasteiger partial charge in [-0.1, -0.05) is 0 Å². The van der Waals surface area contributed by atoms with Crippen molar-refractivity contribution in [1.29, 1.82) is 0 Å². The second-order valence-electron chi connectivity index (χ2n) is 4.63. The summed E-state index contributed by atoms with van der Waals surface area (Å²) in [6.07, 6.45) is 3.93. The van der Waals surface area contributed by atoms with Crippen molar-refractivity contribution in [3.63, 3.8) is 0 Å². The number of piperazine rings is 1. The third-order valence-electron chi connectivity index (χ3n) is 3.35. The van der Waals surface area contributed by atoms with Gasteiger partial charge in [0.15, 0.2) is 0 Å². The summed E-state index contributed by atoms with van der Waals surface area (Å²) >= 11 is 0. The molecule has 18 heavy (non-hydrogen) atoms. The molecule has 2 heterocycles. The van der Waals surface area contributed by atoms with Crippen LogP contribution in [0.3, 0.4) is 0 Å². The second kappa shape index (κ2) is 5.82. The molecule has 5 nitrogen and oxygen atoms in total.